The number of ether oxygens (including phenoxy) is 1. The molecule has 0 unspecified atom stereocenters. The number of carbonyl (C=O) groups is 3. The van der Waals surface area contributed by atoms with Gasteiger partial charge < -0.3 is 19.4 Å². The van der Waals surface area contributed by atoms with Gasteiger partial charge in [-0.15, -0.1) is 0 Å². The third kappa shape index (κ3) is 22.9. The van der Waals surface area contributed by atoms with Crippen LogP contribution in [0.25, 0.3) is 0 Å². The number of hydrogen-bond donors (Lipinski definition) is 2. The zero-order valence-electron chi connectivity index (χ0n) is 20.1. The Balaban J connectivity index is 3.55. The van der Waals surface area contributed by atoms with E-state index in [1.165, 1.54) is 44.9 Å². The maximum absolute atomic E-state index is 12.0. The molecule has 31 heavy (non-hydrogen) atoms. The van der Waals surface area contributed by atoms with Gasteiger partial charge >= 0.3 is 17.9 Å². The van der Waals surface area contributed by atoms with Gasteiger partial charge in [0.1, 0.15) is 6.54 Å². The second-order valence-corrected chi connectivity index (χ2v) is 9.67. The molecule has 0 aromatic heterocycles. The molecule has 0 aliphatic carbocycles. The fourth-order valence-electron chi connectivity index (χ4n) is 3.68. The van der Waals surface area contributed by atoms with Crippen molar-refractivity contribution in [3.05, 3.63) is 0 Å². The highest BCUT2D eigenvalue weighted by atomic mass is 16.5. The van der Waals surface area contributed by atoms with Crippen molar-refractivity contribution in [2.24, 2.45) is 0 Å². The first-order valence-corrected chi connectivity index (χ1v) is 12.0. The van der Waals surface area contributed by atoms with Crippen LogP contribution in [0.5, 0.6) is 0 Å². The van der Waals surface area contributed by atoms with Gasteiger partial charge in [-0.1, -0.05) is 70.6 Å². The molecule has 0 aromatic rings. The van der Waals surface area contributed by atoms with Crippen molar-refractivity contribution >= 4 is 17.9 Å². The monoisotopic (exact) mass is 444 g/mol. The predicted molar refractivity (Wildman–Crippen MR) is 122 cm³/mol. The average Bonchev–Trinajstić information content (AvgIpc) is 2.62. The summed E-state index contributed by atoms with van der Waals surface area (Å²) in [6, 6.07) is 0. The van der Waals surface area contributed by atoms with Crippen LogP contribution >= 0.6 is 0 Å². The highest BCUT2D eigenvalue weighted by Gasteiger charge is 2.24. The molecule has 7 nitrogen and oxygen atoms in total. The summed E-state index contributed by atoms with van der Waals surface area (Å²) in [5, 5.41) is 17.6. The molecule has 0 fully saturated rings. The molecule has 0 saturated carbocycles. The van der Waals surface area contributed by atoms with E-state index in [2.05, 4.69) is 0 Å². The molecule has 0 aliphatic rings. The number of likely N-dealkylation sites (N-methyl/N-ethyl adjacent to an activating group) is 1. The van der Waals surface area contributed by atoms with Crippen molar-refractivity contribution < 1.29 is 33.8 Å². The fraction of sp³-hybridized carbons (Fsp3) is 0.875. The van der Waals surface area contributed by atoms with Crippen molar-refractivity contribution in [2.45, 2.75) is 109 Å². The Morgan fingerprint density at radius 3 is 1.39 bits per heavy atom. The first kappa shape index (κ1) is 29.4. The minimum Gasteiger partial charge on any atom is -0.481 e. The SMILES string of the molecule is C[N+](C)(C)C[C@@H](CC(=O)O)OC(=O)CCCCCCCCCCCCCCCC(=O)O. The third-order valence-electron chi connectivity index (χ3n) is 5.22. The highest BCUT2D eigenvalue weighted by molar-refractivity contribution is 5.71. The fourth-order valence-corrected chi connectivity index (χ4v) is 3.68. The zero-order chi connectivity index (χ0) is 23.5. The molecular weight excluding hydrogens is 398 g/mol. The summed E-state index contributed by atoms with van der Waals surface area (Å²) in [4.78, 5) is 33.4. The van der Waals surface area contributed by atoms with E-state index in [0.29, 0.717) is 23.9 Å². The number of aliphatic carboxylic acids is 2. The molecule has 182 valence electrons. The van der Waals surface area contributed by atoms with Gasteiger partial charge in [-0.3, -0.25) is 14.4 Å². The quantitative estimate of drug-likeness (QED) is 0.146. The normalized spacial score (nSPS) is 12.5. The van der Waals surface area contributed by atoms with Crippen LogP contribution < -0.4 is 0 Å². The maximum Gasteiger partial charge on any atom is 0.307 e. The Morgan fingerprint density at radius 2 is 1.03 bits per heavy atom. The molecule has 0 heterocycles. The minimum absolute atomic E-state index is 0.147. The molecule has 7 heteroatoms. The Kier molecular flexibility index (Phi) is 17.0. The van der Waals surface area contributed by atoms with Gasteiger partial charge in [0.2, 0.25) is 0 Å². The molecule has 0 spiro atoms. The van der Waals surface area contributed by atoms with Crippen LogP contribution in [0.2, 0.25) is 0 Å². The van der Waals surface area contributed by atoms with E-state index in [1.54, 1.807) is 0 Å². The number of carboxylic acids is 2. The zero-order valence-corrected chi connectivity index (χ0v) is 20.1. The largest absolute Gasteiger partial charge is 0.481 e. The Morgan fingerprint density at radius 1 is 0.645 bits per heavy atom. The van der Waals surface area contributed by atoms with E-state index in [-0.39, 0.29) is 12.4 Å². The Hall–Kier alpha value is -1.63. The number of unbranched alkanes of at least 4 members (excludes halogenated alkanes) is 12. The summed E-state index contributed by atoms with van der Waals surface area (Å²) in [7, 11) is 5.86. The lowest BCUT2D eigenvalue weighted by Crippen LogP contribution is -2.43. The van der Waals surface area contributed by atoms with Gasteiger partial charge in [0.15, 0.2) is 6.10 Å². The third-order valence-corrected chi connectivity index (χ3v) is 5.22. The van der Waals surface area contributed by atoms with E-state index in [4.69, 9.17) is 14.9 Å². The summed E-state index contributed by atoms with van der Waals surface area (Å²) >= 11 is 0. The van der Waals surface area contributed by atoms with E-state index < -0.39 is 18.0 Å². The van der Waals surface area contributed by atoms with Gasteiger partial charge in [-0.25, -0.2) is 0 Å². The molecule has 0 amide bonds. The van der Waals surface area contributed by atoms with Gasteiger partial charge in [0.25, 0.3) is 0 Å². The van der Waals surface area contributed by atoms with Crippen molar-refractivity contribution in [2.75, 3.05) is 27.7 Å². The molecule has 2 N–H and O–H groups in total. The number of nitrogens with zero attached hydrogens (tertiary/aromatic N) is 1. The van der Waals surface area contributed by atoms with Crippen LogP contribution in [0.4, 0.5) is 0 Å². The average molecular weight is 445 g/mol. The van der Waals surface area contributed by atoms with Crippen molar-refractivity contribution in [1.29, 1.82) is 0 Å². The first-order valence-electron chi connectivity index (χ1n) is 12.0. The topological polar surface area (TPSA) is 101 Å². The van der Waals surface area contributed by atoms with Crippen LogP contribution in [0, 0.1) is 0 Å². The standard InChI is InChI=1S/C24H45NO6/c1-25(2,3)20-21(19-23(28)29)31-24(30)18-16-14-12-10-8-6-4-5-7-9-11-13-15-17-22(26)27/h21H,4-20H2,1-3H3,(H-,26,27,28,29)/p+1/t21-/m1/s1. The number of esters is 1. The molecule has 0 radical (unpaired) electrons. The number of quaternary nitrogens is 1. The highest BCUT2D eigenvalue weighted by Crippen LogP contribution is 2.14. The van der Waals surface area contributed by atoms with Crippen LogP contribution in [0.3, 0.4) is 0 Å². The number of carboxylic acid groups (broad SMARTS) is 2. The summed E-state index contributed by atoms with van der Waals surface area (Å²) in [6.07, 6.45) is 14.5. The van der Waals surface area contributed by atoms with E-state index >= 15 is 0 Å². The van der Waals surface area contributed by atoms with Gasteiger partial charge in [-0.2, -0.15) is 0 Å². The summed E-state index contributed by atoms with van der Waals surface area (Å²) in [5.74, 6) is -1.93. The lowest BCUT2D eigenvalue weighted by Gasteiger charge is -2.28. The Labute approximate surface area is 188 Å². The molecule has 0 aliphatic heterocycles. The van der Waals surface area contributed by atoms with Gasteiger partial charge in [-0.05, 0) is 12.8 Å². The molecular formula is C24H46NO6+. The second kappa shape index (κ2) is 18.0. The van der Waals surface area contributed by atoms with Crippen LogP contribution in [0.1, 0.15) is 103 Å². The first-order chi connectivity index (χ1) is 14.6. The smallest absolute Gasteiger partial charge is 0.307 e. The lowest BCUT2D eigenvalue weighted by molar-refractivity contribution is -0.873. The number of carbonyl (C=O) groups excluding carboxylic acids is 1. The van der Waals surface area contributed by atoms with E-state index in [0.717, 1.165) is 38.5 Å². The van der Waals surface area contributed by atoms with E-state index in [1.807, 2.05) is 21.1 Å². The predicted octanol–water partition coefficient (Wildman–Crippen LogP) is 5.02. The number of hydrogen-bond acceptors (Lipinski definition) is 4. The molecule has 0 saturated heterocycles. The summed E-state index contributed by atoms with van der Waals surface area (Å²) in [6.45, 7) is 0.489. The summed E-state index contributed by atoms with van der Waals surface area (Å²) < 4.78 is 5.95. The molecule has 0 bridgehead atoms. The number of rotatable bonds is 21. The van der Waals surface area contributed by atoms with Crippen molar-refractivity contribution in [3.63, 3.8) is 0 Å². The van der Waals surface area contributed by atoms with Crippen molar-refractivity contribution in [3.8, 4) is 0 Å². The lowest BCUT2D eigenvalue weighted by atomic mass is 10.0. The summed E-state index contributed by atoms with van der Waals surface area (Å²) in [5.41, 5.74) is 0. The van der Waals surface area contributed by atoms with Gasteiger partial charge in [0.05, 0.1) is 27.6 Å². The molecule has 0 aromatic carbocycles. The minimum atomic E-state index is -0.943. The maximum atomic E-state index is 12.0. The van der Waals surface area contributed by atoms with Crippen LogP contribution in [0.15, 0.2) is 0 Å². The van der Waals surface area contributed by atoms with Crippen LogP contribution in [-0.4, -0.2) is 66.4 Å². The van der Waals surface area contributed by atoms with Gasteiger partial charge in [0, 0.05) is 12.8 Å². The molecule has 0 rings (SSSR count). The Bertz CT molecular complexity index is 501. The van der Waals surface area contributed by atoms with E-state index in [9.17, 15) is 14.4 Å². The van der Waals surface area contributed by atoms with Crippen molar-refractivity contribution in [1.82, 2.24) is 0 Å². The molecule has 1 atom stereocenters. The second-order valence-electron chi connectivity index (χ2n) is 9.67. The van der Waals surface area contributed by atoms with Crippen LogP contribution in [-0.2, 0) is 19.1 Å².